The number of phenols is 2. The van der Waals surface area contributed by atoms with E-state index in [4.69, 9.17) is 0 Å². The number of nitrogens with zero attached hydrogens (tertiary/aromatic N) is 1. The first-order valence-corrected chi connectivity index (χ1v) is 12.0. The van der Waals surface area contributed by atoms with E-state index >= 15 is 0 Å². The van der Waals surface area contributed by atoms with Crippen LogP contribution in [0.4, 0.5) is 0 Å². The van der Waals surface area contributed by atoms with E-state index in [0.717, 1.165) is 32.0 Å². The molecule has 3 N–H and O–H groups in total. The standard InChI is InChI=1S/C24H35NO3S2/c1-15-9-17(11-19(21(15)26)23(3,4)5)29-13-25(28)14-30-18-10-16(2)22(27)20(12-18)24(6,7)8/h9-12,26-28H,13-14H2,1-8H3. The number of hydroxylamine groups is 2. The van der Waals surface area contributed by atoms with E-state index in [9.17, 15) is 15.4 Å². The predicted molar refractivity (Wildman–Crippen MR) is 128 cm³/mol. The molecular formula is C24H35NO3S2. The summed E-state index contributed by atoms with van der Waals surface area (Å²) in [6.45, 7) is 16.3. The van der Waals surface area contributed by atoms with Crippen molar-refractivity contribution in [3.63, 3.8) is 0 Å². The van der Waals surface area contributed by atoms with Crippen LogP contribution in [0.1, 0.15) is 63.8 Å². The van der Waals surface area contributed by atoms with E-state index in [1.807, 2.05) is 38.1 Å². The summed E-state index contributed by atoms with van der Waals surface area (Å²) in [4.78, 5) is 2.05. The van der Waals surface area contributed by atoms with Gasteiger partial charge in [-0.2, -0.15) is 5.06 Å². The largest absolute Gasteiger partial charge is 0.507 e. The Kier molecular flexibility index (Phi) is 7.83. The Balaban J connectivity index is 2.04. The van der Waals surface area contributed by atoms with Crippen LogP contribution < -0.4 is 0 Å². The minimum Gasteiger partial charge on any atom is -0.507 e. The average molecular weight is 450 g/mol. The second kappa shape index (κ2) is 9.43. The zero-order valence-electron chi connectivity index (χ0n) is 19.3. The molecule has 2 aromatic carbocycles. The van der Waals surface area contributed by atoms with Crippen molar-refractivity contribution in [1.29, 1.82) is 0 Å². The Morgan fingerprint density at radius 2 is 1.03 bits per heavy atom. The molecule has 0 saturated heterocycles. The fourth-order valence-electron chi connectivity index (χ4n) is 3.14. The Bertz CT molecular complexity index is 825. The van der Waals surface area contributed by atoms with Gasteiger partial charge in [0.05, 0.1) is 11.8 Å². The molecule has 0 unspecified atom stereocenters. The molecule has 0 saturated carbocycles. The number of hydrogen-bond acceptors (Lipinski definition) is 6. The van der Waals surface area contributed by atoms with Gasteiger partial charge in [-0.1, -0.05) is 41.5 Å². The summed E-state index contributed by atoms with van der Waals surface area (Å²) in [6, 6.07) is 7.92. The number of rotatable bonds is 6. The van der Waals surface area contributed by atoms with Crippen LogP contribution in [0.2, 0.25) is 0 Å². The molecule has 0 atom stereocenters. The second-order valence-electron chi connectivity index (χ2n) is 9.83. The van der Waals surface area contributed by atoms with Crippen LogP contribution in [-0.4, -0.2) is 32.2 Å². The van der Waals surface area contributed by atoms with Crippen LogP contribution in [-0.2, 0) is 10.8 Å². The first-order valence-electron chi connectivity index (χ1n) is 10.1. The molecule has 0 bridgehead atoms. The maximum atomic E-state index is 10.4. The second-order valence-corrected chi connectivity index (χ2v) is 11.9. The molecule has 2 aromatic rings. The summed E-state index contributed by atoms with van der Waals surface area (Å²) in [5.41, 5.74) is 3.22. The van der Waals surface area contributed by atoms with E-state index in [2.05, 4.69) is 41.5 Å². The molecule has 0 radical (unpaired) electrons. The van der Waals surface area contributed by atoms with Gasteiger partial charge in [-0.05, 0) is 60.1 Å². The topological polar surface area (TPSA) is 63.9 Å². The number of aromatic hydroxyl groups is 2. The van der Waals surface area contributed by atoms with Crippen LogP contribution in [0, 0.1) is 13.8 Å². The van der Waals surface area contributed by atoms with Crippen molar-refractivity contribution in [2.45, 2.75) is 76.0 Å². The van der Waals surface area contributed by atoms with Crippen LogP contribution in [0.5, 0.6) is 11.5 Å². The number of thioether (sulfide) groups is 2. The highest BCUT2D eigenvalue weighted by atomic mass is 32.2. The monoisotopic (exact) mass is 449 g/mol. The van der Waals surface area contributed by atoms with E-state index in [1.54, 1.807) is 23.5 Å². The number of benzene rings is 2. The molecule has 4 nitrogen and oxygen atoms in total. The molecule has 0 heterocycles. The molecule has 166 valence electrons. The van der Waals surface area contributed by atoms with E-state index in [0.29, 0.717) is 23.3 Å². The number of aryl methyl sites for hydroxylation is 2. The Hall–Kier alpha value is -1.34. The highest BCUT2D eigenvalue weighted by Gasteiger charge is 2.22. The van der Waals surface area contributed by atoms with E-state index in [1.165, 1.54) is 5.06 Å². The smallest absolute Gasteiger partial charge is 0.122 e. The van der Waals surface area contributed by atoms with Gasteiger partial charge in [0.25, 0.3) is 0 Å². The number of phenolic OH excluding ortho intramolecular Hbond substituents is 2. The van der Waals surface area contributed by atoms with Crippen LogP contribution in [0.3, 0.4) is 0 Å². The summed E-state index contributed by atoms with van der Waals surface area (Å²) in [7, 11) is 0. The summed E-state index contributed by atoms with van der Waals surface area (Å²) >= 11 is 3.08. The number of hydrogen-bond donors (Lipinski definition) is 3. The van der Waals surface area contributed by atoms with Gasteiger partial charge < -0.3 is 15.4 Å². The van der Waals surface area contributed by atoms with Crippen molar-refractivity contribution in [3.8, 4) is 11.5 Å². The zero-order chi connectivity index (χ0) is 22.9. The van der Waals surface area contributed by atoms with Crippen molar-refractivity contribution in [2.24, 2.45) is 0 Å². The summed E-state index contributed by atoms with van der Waals surface area (Å²) < 4.78 is 0. The highest BCUT2D eigenvalue weighted by Crippen LogP contribution is 2.38. The van der Waals surface area contributed by atoms with Crippen molar-refractivity contribution in [1.82, 2.24) is 5.06 Å². The Morgan fingerprint density at radius 3 is 1.33 bits per heavy atom. The highest BCUT2D eigenvalue weighted by molar-refractivity contribution is 8.00. The summed E-state index contributed by atoms with van der Waals surface area (Å²) in [5, 5.41) is 32.4. The average Bonchev–Trinajstić information content (AvgIpc) is 2.61. The minimum atomic E-state index is -0.151. The lowest BCUT2D eigenvalue weighted by molar-refractivity contribution is -0.0516. The predicted octanol–water partition coefficient (Wildman–Crippen LogP) is 6.80. The molecule has 0 aliphatic carbocycles. The maximum absolute atomic E-state index is 10.4. The van der Waals surface area contributed by atoms with Gasteiger partial charge in [0.2, 0.25) is 0 Å². The molecule has 2 rings (SSSR count). The van der Waals surface area contributed by atoms with Gasteiger partial charge in [0, 0.05) is 20.9 Å². The van der Waals surface area contributed by atoms with Gasteiger partial charge in [-0.3, -0.25) is 0 Å². The third kappa shape index (κ3) is 6.33. The maximum Gasteiger partial charge on any atom is 0.122 e. The van der Waals surface area contributed by atoms with Crippen molar-refractivity contribution in [3.05, 3.63) is 46.5 Å². The lowest BCUT2D eigenvalue weighted by Gasteiger charge is -2.23. The first kappa shape index (κ1) is 24.9. The normalized spacial score (nSPS) is 12.6. The van der Waals surface area contributed by atoms with Crippen LogP contribution >= 0.6 is 23.5 Å². The van der Waals surface area contributed by atoms with Crippen LogP contribution in [0.15, 0.2) is 34.1 Å². The third-order valence-electron chi connectivity index (χ3n) is 4.92. The van der Waals surface area contributed by atoms with Gasteiger partial charge >= 0.3 is 0 Å². The molecule has 30 heavy (non-hydrogen) atoms. The molecular weight excluding hydrogens is 414 g/mol. The van der Waals surface area contributed by atoms with Crippen molar-refractivity contribution >= 4 is 23.5 Å². The SMILES string of the molecule is Cc1cc(SCN(O)CSc2cc(C)c(O)c(C(C)(C)C)c2)cc(C(C)(C)C)c1O. The van der Waals surface area contributed by atoms with Gasteiger partial charge in [-0.25, -0.2) is 0 Å². The molecule has 0 amide bonds. The zero-order valence-corrected chi connectivity index (χ0v) is 21.0. The third-order valence-corrected chi connectivity index (χ3v) is 6.92. The van der Waals surface area contributed by atoms with Gasteiger partial charge in [0.15, 0.2) is 0 Å². The molecule has 0 aromatic heterocycles. The first-order chi connectivity index (χ1) is 13.7. The molecule has 6 heteroatoms. The summed E-state index contributed by atoms with van der Waals surface area (Å²) in [5.74, 6) is 1.54. The minimum absolute atomic E-state index is 0.151. The quantitative estimate of drug-likeness (QED) is 0.256. The van der Waals surface area contributed by atoms with E-state index < -0.39 is 0 Å². The lowest BCUT2D eigenvalue weighted by atomic mass is 9.85. The lowest BCUT2D eigenvalue weighted by Crippen LogP contribution is -2.18. The molecule has 0 aliphatic heterocycles. The molecule has 0 spiro atoms. The molecule has 0 fully saturated rings. The Labute approximate surface area is 189 Å². The fraction of sp³-hybridized carbons (Fsp3) is 0.500. The van der Waals surface area contributed by atoms with E-state index in [-0.39, 0.29) is 10.8 Å². The van der Waals surface area contributed by atoms with Crippen LogP contribution in [0.25, 0.3) is 0 Å². The van der Waals surface area contributed by atoms with Crippen molar-refractivity contribution in [2.75, 3.05) is 11.8 Å². The van der Waals surface area contributed by atoms with Gasteiger partial charge in [0.1, 0.15) is 11.5 Å². The Morgan fingerprint density at radius 1 is 0.700 bits per heavy atom. The fourth-order valence-corrected chi connectivity index (χ4v) is 4.96. The van der Waals surface area contributed by atoms with Crippen molar-refractivity contribution < 1.29 is 15.4 Å². The molecule has 0 aliphatic rings. The summed E-state index contributed by atoms with van der Waals surface area (Å²) in [6.07, 6.45) is 0. The van der Waals surface area contributed by atoms with Gasteiger partial charge in [-0.15, -0.1) is 23.5 Å².